The molecule has 0 unspecified atom stereocenters. The molecule has 2 aromatic carbocycles. The molecule has 0 bridgehead atoms. The zero-order chi connectivity index (χ0) is 20.0. The molecule has 0 aliphatic heterocycles. The normalized spacial score (nSPS) is 10.7. The number of rotatable bonds is 7. The van der Waals surface area contributed by atoms with Crippen molar-refractivity contribution in [2.24, 2.45) is 0 Å². The molecule has 0 aliphatic carbocycles. The van der Waals surface area contributed by atoms with Crippen molar-refractivity contribution in [2.75, 3.05) is 30.3 Å². The standard InChI is InChI=1S/C21H26ClN3O2/c1-5-25(6-2)13-19(26)24-20-14(3)7-12-18(15(20)4)23-21(27)16-8-10-17(22)11-9-16/h7-12H,5-6,13H2,1-4H3,(H,23,27)(H,24,26)/p+1. The van der Waals surface area contributed by atoms with E-state index in [0.29, 0.717) is 22.8 Å². The Morgan fingerprint density at radius 2 is 1.59 bits per heavy atom. The van der Waals surface area contributed by atoms with Crippen LogP contribution >= 0.6 is 11.6 Å². The van der Waals surface area contributed by atoms with Crippen molar-refractivity contribution in [3.63, 3.8) is 0 Å². The smallest absolute Gasteiger partial charge is 0.279 e. The second kappa shape index (κ2) is 9.53. The average Bonchev–Trinajstić information content (AvgIpc) is 2.66. The highest BCUT2D eigenvalue weighted by Gasteiger charge is 2.16. The van der Waals surface area contributed by atoms with Gasteiger partial charge in [0.05, 0.1) is 13.1 Å². The topological polar surface area (TPSA) is 62.6 Å². The number of likely N-dealkylation sites (N-methyl/N-ethyl adjacent to an activating group) is 1. The summed E-state index contributed by atoms with van der Waals surface area (Å²) in [5.41, 5.74) is 3.74. The van der Waals surface area contributed by atoms with E-state index in [2.05, 4.69) is 24.5 Å². The molecule has 2 rings (SSSR count). The fraction of sp³-hybridized carbons (Fsp3) is 0.333. The molecule has 0 spiro atoms. The first-order valence-electron chi connectivity index (χ1n) is 9.16. The summed E-state index contributed by atoms with van der Waals surface area (Å²) in [5, 5.41) is 6.50. The van der Waals surface area contributed by atoms with Crippen LogP contribution in [-0.4, -0.2) is 31.4 Å². The lowest BCUT2D eigenvalue weighted by atomic mass is 10.1. The van der Waals surface area contributed by atoms with E-state index in [1.54, 1.807) is 24.3 Å². The molecule has 2 aromatic rings. The largest absolute Gasteiger partial charge is 0.328 e. The summed E-state index contributed by atoms with van der Waals surface area (Å²) < 4.78 is 0. The number of quaternary nitrogens is 1. The molecular formula is C21H27ClN3O2+. The summed E-state index contributed by atoms with van der Waals surface area (Å²) in [6.45, 7) is 10.2. The summed E-state index contributed by atoms with van der Waals surface area (Å²) >= 11 is 5.87. The van der Waals surface area contributed by atoms with Gasteiger partial charge in [-0.2, -0.15) is 0 Å². The van der Waals surface area contributed by atoms with Gasteiger partial charge in [0.15, 0.2) is 6.54 Å². The van der Waals surface area contributed by atoms with Gasteiger partial charge >= 0.3 is 0 Å². The molecule has 0 saturated carbocycles. The van der Waals surface area contributed by atoms with E-state index < -0.39 is 0 Å². The monoisotopic (exact) mass is 388 g/mol. The Hall–Kier alpha value is -2.37. The number of carbonyl (C=O) groups excluding carboxylic acids is 2. The van der Waals surface area contributed by atoms with Crippen molar-refractivity contribution >= 4 is 34.8 Å². The third-order valence-corrected chi connectivity index (χ3v) is 4.95. The number of amides is 2. The third kappa shape index (κ3) is 5.55. The first kappa shape index (κ1) is 20.9. The lowest BCUT2D eigenvalue weighted by Crippen LogP contribution is -3.12. The molecule has 144 valence electrons. The van der Waals surface area contributed by atoms with E-state index in [1.165, 1.54) is 4.90 Å². The maximum Gasteiger partial charge on any atom is 0.279 e. The molecular weight excluding hydrogens is 362 g/mol. The lowest BCUT2D eigenvalue weighted by Gasteiger charge is -2.18. The number of aryl methyl sites for hydroxylation is 1. The number of carbonyl (C=O) groups is 2. The lowest BCUT2D eigenvalue weighted by molar-refractivity contribution is -0.888. The Morgan fingerprint density at radius 3 is 2.19 bits per heavy atom. The maximum absolute atomic E-state index is 12.5. The third-order valence-electron chi connectivity index (χ3n) is 4.70. The van der Waals surface area contributed by atoms with Crippen LogP contribution in [0.3, 0.4) is 0 Å². The van der Waals surface area contributed by atoms with Crippen LogP contribution in [0.15, 0.2) is 36.4 Å². The summed E-state index contributed by atoms with van der Waals surface area (Å²) in [6, 6.07) is 10.5. The molecule has 0 atom stereocenters. The first-order valence-corrected chi connectivity index (χ1v) is 9.54. The molecule has 0 heterocycles. The number of benzene rings is 2. The fourth-order valence-corrected chi connectivity index (χ4v) is 3.01. The highest BCUT2D eigenvalue weighted by atomic mass is 35.5. The van der Waals surface area contributed by atoms with Gasteiger partial charge in [0.25, 0.3) is 11.8 Å². The molecule has 6 heteroatoms. The minimum Gasteiger partial charge on any atom is -0.328 e. The molecule has 0 aromatic heterocycles. The van der Waals surface area contributed by atoms with Gasteiger partial charge in [-0.15, -0.1) is 0 Å². The van der Waals surface area contributed by atoms with Crippen LogP contribution in [0, 0.1) is 13.8 Å². The number of nitrogens with one attached hydrogen (secondary N) is 3. The summed E-state index contributed by atoms with van der Waals surface area (Å²) in [6.07, 6.45) is 0. The van der Waals surface area contributed by atoms with Crippen LogP contribution < -0.4 is 15.5 Å². The van der Waals surface area contributed by atoms with E-state index in [4.69, 9.17) is 11.6 Å². The highest BCUT2D eigenvalue weighted by molar-refractivity contribution is 6.30. The number of hydrogen-bond acceptors (Lipinski definition) is 2. The second-order valence-electron chi connectivity index (χ2n) is 6.57. The van der Waals surface area contributed by atoms with Gasteiger partial charge in [0.1, 0.15) is 0 Å². The van der Waals surface area contributed by atoms with Crippen molar-refractivity contribution in [1.29, 1.82) is 0 Å². The second-order valence-corrected chi connectivity index (χ2v) is 7.01. The van der Waals surface area contributed by atoms with Crippen molar-refractivity contribution in [3.05, 3.63) is 58.1 Å². The zero-order valence-electron chi connectivity index (χ0n) is 16.3. The SMILES string of the molecule is CC[NH+](CC)CC(=O)Nc1c(C)ccc(NC(=O)c2ccc(Cl)cc2)c1C. The molecule has 0 fully saturated rings. The van der Waals surface area contributed by atoms with Crippen molar-refractivity contribution in [3.8, 4) is 0 Å². The van der Waals surface area contributed by atoms with Gasteiger partial charge < -0.3 is 15.5 Å². The van der Waals surface area contributed by atoms with Gasteiger partial charge in [0.2, 0.25) is 0 Å². The number of hydrogen-bond donors (Lipinski definition) is 3. The molecule has 2 amide bonds. The van der Waals surface area contributed by atoms with E-state index in [-0.39, 0.29) is 11.8 Å². The summed E-state index contributed by atoms with van der Waals surface area (Å²) in [5.74, 6) is -0.246. The Morgan fingerprint density at radius 1 is 0.963 bits per heavy atom. The molecule has 0 aliphatic rings. The van der Waals surface area contributed by atoms with Crippen LogP contribution in [0.5, 0.6) is 0 Å². The predicted molar refractivity (Wildman–Crippen MR) is 111 cm³/mol. The summed E-state index contributed by atoms with van der Waals surface area (Å²) in [4.78, 5) is 26.1. The molecule has 5 nitrogen and oxygen atoms in total. The fourth-order valence-electron chi connectivity index (χ4n) is 2.88. The Bertz CT molecular complexity index is 815. The molecule has 0 saturated heterocycles. The van der Waals surface area contributed by atoms with Gasteiger partial charge in [-0.3, -0.25) is 9.59 Å². The van der Waals surface area contributed by atoms with Gasteiger partial charge in [-0.05, 0) is 69.2 Å². The Balaban J connectivity index is 2.17. The van der Waals surface area contributed by atoms with E-state index in [0.717, 1.165) is 29.9 Å². The predicted octanol–water partition coefficient (Wildman–Crippen LogP) is 3.07. The van der Waals surface area contributed by atoms with Gasteiger partial charge in [-0.25, -0.2) is 0 Å². The van der Waals surface area contributed by atoms with E-state index in [1.807, 2.05) is 26.0 Å². The van der Waals surface area contributed by atoms with E-state index >= 15 is 0 Å². The Kier molecular flexibility index (Phi) is 7.39. The van der Waals surface area contributed by atoms with Crippen LogP contribution in [0.1, 0.15) is 35.3 Å². The summed E-state index contributed by atoms with van der Waals surface area (Å²) in [7, 11) is 0. The molecule has 27 heavy (non-hydrogen) atoms. The van der Waals surface area contributed by atoms with Crippen LogP contribution in [-0.2, 0) is 4.79 Å². The Labute approximate surface area is 165 Å². The average molecular weight is 389 g/mol. The van der Waals surface area contributed by atoms with Gasteiger partial charge in [0, 0.05) is 22.0 Å². The quantitative estimate of drug-likeness (QED) is 0.682. The molecule has 3 N–H and O–H groups in total. The van der Waals surface area contributed by atoms with Gasteiger partial charge in [-0.1, -0.05) is 17.7 Å². The minimum absolute atomic E-state index is 0.0268. The zero-order valence-corrected chi connectivity index (χ0v) is 17.0. The number of halogens is 1. The highest BCUT2D eigenvalue weighted by Crippen LogP contribution is 2.27. The maximum atomic E-state index is 12.5. The van der Waals surface area contributed by atoms with Crippen LogP contribution in [0.4, 0.5) is 11.4 Å². The minimum atomic E-state index is -0.219. The number of anilines is 2. The van der Waals surface area contributed by atoms with Crippen molar-refractivity contribution < 1.29 is 14.5 Å². The van der Waals surface area contributed by atoms with E-state index in [9.17, 15) is 9.59 Å². The molecule has 0 radical (unpaired) electrons. The van der Waals surface area contributed by atoms with Crippen LogP contribution in [0.25, 0.3) is 0 Å². The van der Waals surface area contributed by atoms with Crippen LogP contribution in [0.2, 0.25) is 5.02 Å². The first-order chi connectivity index (χ1) is 12.8. The van der Waals surface area contributed by atoms with Crippen molar-refractivity contribution in [1.82, 2.24) is 0 Å². The van der Waals surface area contributed by atoms with Crippen molar-refractivity contribution in [2.45, 2.75) is 27.7 Å².